The Balaban J connectivity index is 2.06. The van der Waals surface area contributed by atoms with Crippen molar-refractivity contribution >= 4 is 25.9 Å². The molecular weight excluding hydrogens is 306 g/mol. The molecular formula is C17H23N3O2Si. The van der Waals surface area contributed by atoms with Gasteiger partial charge in [-0.05, 0) is 39.0 Å². The molecule has 0 atom stereocenters. The number of nitrogens with zero attached hydrogens (tertiary/aromatic N) is 1. The van der Waals surface area contributed by atoms with Crippen LogP contribution in [0.2, 0.25) is 13.1 Å². The van der Waals surface area contributed by atoms with Gasteiger partial charge in [0.15, 0.2) is 0 Å². The highest BCUT2D eigenvalue weighted by atomic mass is 28.3. The average Bonchev–Trinajstić information content (AvgIpc) is 2.83. The summed E-state index contributed by atoms with van der Waals surface area (Å²) >= 11 is 0. The summed E-state index contributed by atoms with van der Waals surface area (Å²) in [5, 5.41) is 2.69. The zero-order valence-electron chi connectivity index (χ0n) is 14.3. The van der Waals surface area contributed by atoms with Gasteiger partial charge in [0.1, 0.15) is 20.2 Å². The van der Waals surface area contributed by atoms with Crippen LogP contribution in [0.25, 0.3) is 11.0 Å². The van der Waals surface area contributed by atoms with Gasteiger partial charge >= 0.3 is 6.09 Å². The highest BCUT2D eigenvalue weighted by Gasteiger charge is 2.16. The SMILES string of the molecule is C[SiH](C)C#Cc1ccc2nc(CNC(=O)OC(C)(C)C)[nH]c2c1. The summed E-state index contributed by atoms with van der Waals surface area (Å²) in [6, 6.07) is 5.90. The number of benzene rings is 1. The fraction of sp³-hybridized carbons (Fsp3) is 0.412. The third-order valence-corrected chi connectivity index (χ3v) is 3.56. The topological polar surface area (TPSA) is 67.0 Å². The summed E-state index contributed by atoms with van der Waals surface area (Å²) in [7, 11) is -0.886. The monoisotopic (exact) mass is 329 g/mol. The molecule has 0 saturated carbocycles. The van der Waals surface area contributed by atoms with Crippen LogP contribution in [0, 0.1) is 11.5 Å². The summed E-state index contributed by atoms with van der Waals surface area (Å²) < 4.78 is 5.20. The van der Waals surface area contributed by atoms with Crippen molar-refractivity contribution in [1.29, 1.82) is 0 Å². The van der Waals surface area contributed by atoms with Crippen LogP contribution in [-0.4, -0.2) is 30.5 Å². The van der Waals surface area contributed by atoms with Crippen LogP contribution in [0.15, 0.2) is 18.2 Å². The van der Waals surface area contributed by atoms with Crippen molar-refractivity contribution in [3.63, 3.8) is 0 Å². The minimum atomic E-state index is -0.886. The summed E-state index contributed by atoms with van der Waals surface area (Å²) in [5.41, 5.74) is 5.53. The molecule has 0 aliphatic carbocycles. The molecule has 0 fully saturated rings. The van der Waals surface area contributed by atoms with Crippen molar-refractivity contribution in [3.05, 3.63) is 29.6 Å². The molecule has 6 heteroatoms. The molecule has 0 aliphatic rings. The Bertz CT molecular complexity index is 763. The minimum Gasteiger partial charge on any atom is -0.444 e. The molecule has 1 heterocycles. The highest BCUT2D eigenvalue weighted by molar-refractivity contribution is 6.64. The average molecular weight is 329 g/mol. The summed E-state index contributed by atoms with van der Waals surface area (Å²) in [5.74, 6) is 3.88. The van der Waals surface area contributed by atoms with Crippen molar-refractivity contribution in [3.8, 4) is 11.5 Å². The number of hydrogen-bond donors (Lipinski definition) is 2. The van der Waals surface area contributed by atoms with Gasteiger partial charge in [0, 0.05) is 5.56 Å². The Labute approximate surface area is 138 Å². The second-order valence-electron chi connectivity index (χ2n) is 6.69. The van der Waals surface area contributed by atoms with Gasteiger partial charge in [0.05, 0.1) is 17.6 Å². The van der Waals surface area contributed by atoms with Gasteiger partial charge in [0.25, 0.3) is 0 Å². The molecule has 2 N–H and O–H groups in total. The molecule has 122 valence electrons. The molecule has 1 aromatic carbocycles. The number of H-pyrrole nitrogens is 1. The molecule has 5 nitrogen and oxygen atoms in total. The highest BCUT2D eigenvalue weighted by Crippen LogP contribution is 2.13. The zero-order chi connectivity index (χ0) is 17.0. The molecule has 1 amide bonds. The third kappa shape index (κ3) is 5.46. The zero-order valence-corrected chi connectivity index (χ0v) is 15.4. The molecule has 0 spiro atoms. The van der Waals surface area contributed by atoms with E-state index in [2.05, 4.69) is 39.8 Å². The Morgan fingerprint density at radius 2 is 2.13 bits per heavy atom. The number of aromatic amines is 1. The molecule has 1 aromatic heterocycles. The van der Waals surface area contributed by atoms with E-state index in [1.54, 1.807) is 0 Å². The van der Waals surface area contributed by atoms with Crippen molar-refractivity contribution < 1.29 is 9.53 Å². The van der Waals surface area contributed by atoms with Crippen LogP contribution < -0.4 is 5.32 Å². The Morgan fingerprint density at radius 3 is 2.78 bits per heavy atom. The Morgan fingerprint density at radius 1 is 1.39 bits per heavy atom. The van der Waals surface area contributed by atoms with E-state index in [1.807, 2.05) is 39.0 Å². The number of imidazole rings is 1. The normalized spacial score (nSPS) is 11.2. The maximum atomic E-state index is 11.7. The molecule has 2 aromatic rings. The lowest BCUT2D eigenvalue weighted by molar-refractivity contribution is 0.0522. The van der Waals surface area contributed by atoms with Crippen molar-refractivity contribution in [1.82, 2.24) is 15.3 Å². The summed E-state index contributed by atoms with van der Waals surface area (Å²) in [6.07, 6.45) is -0.452. The lowest BCUT2D eigenvalue weighted by Gasteiger charge is -2.19. The molecule has 2 rings (SSSR count). The van der Waals surface area contributed by atoms with Crippen LogP contribution in [0.1, 0.15) is 32.2 Å². The second kappa shape index (κ2) is 6.88. The number of fused-ring (bicyclic) bond motifs is 1. The number of nitrogens with one attached hydrogen (secondary N) is 2. The van der Waals surface area contributed by atoms with Crippen molar-refractivity contribution in [2.45, 2.75) is 46.0 Å². The number of carbonyl (C=O) groups excluding carboxylic acids is 1. The van der Waals surface area contributed by atoms with Crippen molar-refractivity contribution in [2.75, 3.05) is 0 Å². The molecule has 23 heavy (non-hydrogen) atoms. The number of amides is 1. The molecule has 0 radical (unpaired) electrons. The first kappa shape index (κ1) is 17.1. The van der Waals surface area contributed by atoms with E-state index in [0.717, 1.165) is 16.6 Å². The summed E-state index contributed by atoms with van der Waals surface area (Å²) in [4.78, 5) is 19.3. The predicted molar refractivity (Wildman–Crippen MR) is 94.9 cm³/mol. The predicted octanol–water partition coefficient (Wildman–Crippen LogP) is 2.97. The first-order valence-electron chi connectivity index (χ1n) is 7.70. The second-order valence-corrected chi connectivity index (χ2v) is 9.29. The van der Waals surface area contributed by atoms with E-state index in [-0.39, 0.29) is 0 Å². The maximum Gasteiger partial charge on any atom is 0.408 e. The van der Waals surface area contributed by atoms with Crippen LogP contribution in [0.5, 0.6) is 0 Å². The van der Waals surface area contributed by atoms with E-state index in [0.29, 0.717) is 12.4 Å². The Kier molecular flexibility index (Phi) is 5.11. The molecule has 0 saturated heterocycles. The first-order valence-corrected chi connectivity index (χ1v) is 10.6. The van der Waals surface area contributed by atoms with Gasteiger partial charge in [-0.25, -0.2) is 9.78 Å². The van der Waals surface area contributed by atoms with Gasteiger partial charge < -0.3 is 15.0 Å². The summed E-state index contributed by atoms with van der Waals surface area (Å²) in [6.45, 7) is 10.2. The van der Waals surface area contributed by atoms with Gasteiger partial charge in [-0.3, -0.25) is 0 Å². The fourth-order valence-corrected chi connectivity index (χ4v) is 2.38. The fourth-order valence-electron chi connectivity index (χ4n) is 1.92. The van der Waals surface area contributed by atoms with Crippen LogP contribution in [0.3, 0.4) is 0 Å². The van der Waals surface area contributed by atoms with E-state index < -0.39 is 20.5 Å². The minimum absolute atomic E-state index is 0.295. The lowest BCUT2D eigenvalue weighted by atomic mass is 10.2. The standard InChI is InChI=1S/C17H23N3O2Si/c1-17(2,3)22-16(21)18-11-15-19-13-7-6-12(8-9-23(4)5)10-14(13)20-15/h6-7,10,23H,11H2,1-5H3,(H,18,21)(H,19,20). The molecule has 0 bridgehead atoms. The number of rotatable bonds is 2. The number of hydrogen-bond acceptors (Lipinski definition) is 3. The molecule has 0 unspecified atom stereocenters. The number of alkyl carbamates (subject to hydrolysis) is 1. The van der Waals surface area contributed by atoms with Crippen LogP contribution in [0.4, 0.5) is 4.79 Å². The van der Waals surface area contributed by atoms with Crippen LogP contribution in [-0.2, 0) is 11.3 Å². The molecule has 0 aliphatic heterocycles. The smallest absolute Gasteiger partial charge is 0.408 e. The van der Waals surface area contributed by atoms with Gasteiger partial charge in [-0.15, -0.1) is 5.54 Å². The largest absolute Gasteiger partial charge is 0.444 e. The van der Waals surface area contributed by atoms with E-state index in [4.69, 9.17) is 4.74 Å². The number of aromatic nitrogens is 2. The van der Waals surface area contributed by atoms with E-state index in [1.165, 1.54) is 0 Å². The Hall–Kier alpha value is -2.26. The quantitative estimate of drug-likeness (QED) is 0.657. The van der Waals surface area contributed by atoms with Crippen molar-refractivity contribution in [2.24, 2.45) is 0 Å². The van der Waals surface area contributed by atoms with Gasteiger partial charge in [-0.2, -0.15) is 0 Å². The first-order chi connectivity index (χ1) is 10.7. The van der Waals surface area contributed by atoms with Gasteiger partial charge in [0.2, 0.25) is 0 Å². The van der Waals surface area contributed by atoms with E-state index >= 15 is 0 Å². The third-order valence-electron chi connectivity index (χ3n) is 2.84. The van der Waals surface area contributed by atoms with Gasteiger partial charge in [-0.1, -0.05) is 19.0 Å². The lowest BCUT2D eigenvalue weighted by Crippen LogP contribution is -2.32. The van der Waals surface area contributed by atoms with Crippen LogP contribution >= 0.6 is 0 Å². The van der Waals surface area contributed by atoms with E-state index in [9.17, 15) is 4.79 Å². The number of ether oxygens (including phenoxy) is 1. The maximum absolute atomic E-state index is 11.7. The number of carbonyl (C=O) groups is 1.